The van der Waals surface area contributed by atoms with Crippen LogP contribution in [0.5, 0.6) is 0 Å². The van der Waals surface area contributed by atoms with Gasteiger partial charge in [0.25, 0.3) is 0 Å². The molecule has 0 aliphatic carbocycles. The number of nitrogens with zero attached hydrogens (tertiary/aromatic N) is 4. The minimum absolute atomic E-state index is 0. The maximum absolute atomic E-state index is 12.1. The third kappa shape index (κ3) is 6.76. The Balaban J connectivity index is 0.00000363. The van der Waals surface area contributed by atoms with Crippen LogP contribution < -0.4 is 10.6 Å². The highest BCUT2D eigenvalue weighted by molar-refractivity contribution is 14.0. The number of aryl methyl sites for hydroxylation is 1. The number of rotatable bonds is 8. The second-order valence-electron chi connectivity index (χ2n) is 6.88. The van der Waals surface area contributed by atoms with Gasteiger partial charge < -0.3 is 15.4 Å². The molecule has 0 bridgehead atoms. The van der Waals surface area contributed by atoms with Crippen molar-refractivity contribution in [1.29, 1.82) is 0 Å². The van der Waals surface area contributed by atoms with Gasteiger partial charge in [-0.3, -0.25) is 0 Å². The van der Waals surface area contributed by atoms with Crippen LogP contribution in [0.3, 0.4) is 0 Å². The lowest BCUT2D eigenvalue weighted by atomic mass is 10.3. The molecular formula is C22H29IN6O2S. The Bertz CT molecular complexity index is 1030. The summed E-state index contributed by atoms with van der Waals surface area (Å²) in [5, 5.41) is 11.8. The number of aliphatic imine (C=N–C) groups is 1. The molecule has 0 amide bonds. The largest absolute Gasteiger partial charge is 0.462 e. The minimum atomic E-state index is -0.327. The van der Waals surface area contributed by atoms with Gasteiger partial charge >= 0.3 is 5.97 Å². The molecule has 1 aromatic carbocycles. The van der Waals surface area contributed by atoms with Crippen molar-refractivity contribution >= 4 is 47.2 Å². The molecule has 2 N–H and O–H groups in total. The highest BCUT2D eigenvalue weighted by Gasteiger charge is 2.20. The number of thiazole rings is 1. The van der Waals surface area contributed by atoms with Crippen LogP contribution in [0.15, 0.2) is 47.7 Å². The number of halogens is 1. The Morgan fingerprint density at radius 3 is 2.72 bits per heavy atom. The number of ether oxygens (including phenoxy) is 1. The summed E-state index contributed by atoms with van der Waals surface area (Å²) in [5.41, 5.74) is 2.69. The molecule has 0 aliphatic rings. The van der Waals surface area contributed by atoms with Crippen LogP contribution in [0.1, 0.15) is 52.7 Å². The van der Waals surface area contributed by atoms with Gasteiger partial charge in [-0.15, -0.1) is 35.3 Å². The normalized spacial score (nSPS) is 12.1. The van der Waals surface area contributed by atoms with E-state index in [9.17, 15) is 4.79 Å². The zero-order chi connectivity index (χ0) is 22.2. The maximum atomic E-state index is 12.1. The van der Waals surface area contributed by atoms with E-state index >= 15 is 0 Å². The number of carbonyl (C=O) groups is 1. The Hall–Kier alpha value is -2.47. The minimum Gasteiger partial charge on any atom is -0.462 e. The third-order valence-corrected chi connectivity index (χ3v) is 5.74. The number of esters is 1. The van der Waals surface area contributed by atoms with Gasteiger partial charge in [0, 0.05) is 18.3 Å². The van der Waals surface area contributed by atoms with Crippen LogP contribution in [0.2, 0.25) is 0 Å². The molecule has 0 saturated carbocycles. The standard InChI is InChI=1S/C22H28N6O2S.HI/c1-5-23-22(24-12-17-13-25-28(14-17)18-10-8-7-9-11-18)27-16(4)20-26-15(3)19(31-20)21(29)30-6-2;/h7-11,13-14,16H,5-6,12H2,1-4H3,(H2,23,24,27);1H. The number of hydrogen-bond acceptors (Lipinski definition) is 6. The quantitative estimate of drug-likeness (QED) is 0.183. The first-order valence-electron chi connectivity index (χ1n) is 10.3. The summed E-state index contributed by atoms with van der Waals surface area (Å²) in [5.74, 6) is 0.347. The fourth-order valence-corrected chi connectivity index (χ4v) is 3.87. The molecule has 3 rings (SSSR count). The Morgan fingerprint density at radius 1 is 1.28 bits per heavy atom. The van der Waals surface area contributed by atoms with Crippen molar-refractivity contribution in [3.8, 4) is 5.69 Å². The highest BCUT2D eigenvalue weighted by atomic mass is 127. The van der Waals surface area contributed by atoms with Crippen molar-refractivity contribution in [1.82, 2.24) is 25.4 Å². The third-order valence-electron chi connectivity index (χ3n) is 4.42. The molecule has 172 valence electrons. The number of carbonyl (C=O) groups excluding carboxylic acids is 1. The molecule has 2 aromatic heterocycles. The van der Waals surface area contributed by atoms with Gasteiger partial charge in [0.1, 0.15) is 9.88 Å². The molecule has 2 heterocycles. The van der Waals surface area contributed by atoms with Crippen LogP contribution in [-0.2, 0) is 11.3 Å². The van der Waals surface area contributed by atoms with Crippen molar-refractivity contribution in [2.45, 2.75) is 40.3 Å². The number of guanidine groups is 1. The van der Waals surface area contributed by atoms with Crippen molar-refractivity contribution < 1.29 is 9.53 Å². The van der Waals surface area contributed by atoms with Crippen LogP contribution >= 0.6 is 35.3 Å². The second-order valence-corrected chi connectivity index (χ2v) is 7.91. The zero-order valence-corrected chi connectivity index (χ0v) is 21.8. The molecule has 0 spiro atoms. The van der Waals surface area contributed by atoms with Crippen LogP contribution in [-0.4, -0.2) is 39.8 Å². The van der Waals surface area contributed by atoms with E-state index in [4.69, 9.17) is 4.74 Å². The van der Waals surface area contributed by atoms with E-state index in [2.05, 4.69) is 25.7 Å². The topological polar surface area (TPSA) is 93.4 Å². The molecular weight excluding hydrogens is 539 g/mol. The monoisotopic (exact) mass is 568 g/mol. The van der Waals surface area contributed by atoms with Gasteiger partial charge in [0.15, 0.2) is 5.96 Å². The molecule has 1 unspecified atom stereocenters. The fourth-order valence-electron chi connectivity index (χ4n) is 2.91. The lowest BCUT2D eigenvalue weighted by Gasteiger charge is -2.15. The average Bonchev–Trinajstić information content (AvgIpc) is 3.40. The predicted molar refractivity (Wildman–Crippen MR) is 138 cm³/mol. The summed E-state index contributed by atoms with van der Waals surface area (Å²) >= 11 is 1.35. The van der Waals surface area contributed by atoms with Crippen molar-refractivity contribution in [3.05, 3.63) is 63.9 Å². The Kier molecular flexibility index (Phi) is 10.1. The number of hydrogen-bond donors (Lipinski definition) is 2. The van der Waals surface area contributed by atoms with Gasteiger partial charge in [-0.05, 0) is 39.8 Å². The summed E-state index contributed by atoms with van der Waals surface area (Å²) in [6.45, 7) is 9.18. The summed E-state index contributed by atoms with van der Waals surface area (Å²) < 4.78 is 6.95. The first kappa shape index (κ1) is 25.8. The molecule has 0 radical (unpaired) electrons. The molecule has 0 saturated heterocycles. The van der Waals surface area contributed by atoms with Gasteiger partial charge in [0.2, 0.25) is 0 Å². The van der Waals surface area contributed by atoms with E-state index in [1.165, 1.54) is 11.3 Å². The highest BCUT2D eigenvalue weighted by Crippen LogP contribution is 2.24. The fraction of sp³-hybridized carbons (Fsp3) is 0.364. The van der Waals surface area contributed by atoms with Gasteiger partial charge in [0.05, 0.1) is 36.8 Å². The second kappa shape index (κ2) is 12.5. The van der Waals surface area contributed by atoms with Crippen molar-refractivity contribution in [3.63, 3.8) is 0 Å². The number of aromatic nitrogens is 3. The first-order valence-corrected chi connectivity index (χ1v) is 11.1. The van der Waals surface area contributed by atoms with E-state index in [0.29, 0.717) is 29.7 Å². The molecule has 0 aliphatic heterocycles. The zero-order valence-electron chi connectivity index (χ0n) is 18.7. The van der Waals surface area contributed by atoms with E-state index in [1.807, 2.05) is 68.2 Å². The average molecular weight is 568 g/mol. The Morgan fingerprint density at radius 2 is 2.03 bits per heavy atom. The summed E-state index contributed by atoms with van der Waals surface area (Å²) in [6, 6.07) is 9.85. The summed E-state index contributed by atoms with van der Waals surface area (Å²) in [7, 11) is 0. The van der Waals surface area contributed by atoms with Crippen LogP contribution in [0, 0.1) is 6.92 Å². The van der Waals surface area contributed by atoms with Gasteiger partial charge in [-0.1, -0.05) is 18.2 Å². The molecule has 0 fully saturated rings. The Labute approximate surface area is 209 Å². The molecule has 32 heavy (non-hydrogen) atoms. The maximum Gasteiger partial charge on any atom is 0.350 e. The molecule has 8 nitrogen and oxygen atoms in total. The lowest BCUT2D eigenvalue weighted by molar-refractivity contribution is 0.0531. The van der Waals surface area contributed by atoms with E-state index in [-0.39, 0.29) is 36.0 Å². The number of benzene rings is 1. The summed E-state index contributed by atoms with van der Waals surface area (Å²) in [4.78, 5) is 21.8. The van der Waals surface area contributed by atoms with Crippen molar-refractivity contribution in [2.75, 3.05) is 13.2 Å². The SMILES string of the molecule is CCNC(=NCc1cnn(-c2ccccc2)c1)NC(C)c1nc(C)c(C(=O)OCC)s1.I. The number of nitrogens with one attached hydrogen (secondary N) is 2. The van der Waals surface area contributed by atoms with Crippen molar-refractivity contribution in [2.24, 2.45) is 4.99 Å². The van der Waals surface area contributed by atoms with E-state index in [1.54, 1.807) is 6.92 Å². The molecule has 3 aromatic rings. The van der Waals surface area contributed by atoms with Crippen LogP contribution in [0.4, 0.5) is 0 Å². The molecule has 1 atom stereocenters. The smallest absolute Gasteiger partial charge is 0.350 e. The lowest BCUT2D eigenvalue weighted by Crippen LogP contribution is -2.38. The first-order chi connectivity index (χ1) is 15.0. The molecule has 10 heteroatoms. The number of para-hydroxylation sites is 1. The van der Waals surface area contributed by atoms with Gasteiger partial charge in [-0.2, -0.15) is 5.10 Å². The summed E-state index contributed by atoms with van der Waals surface area (Å²) in [6.07, 6.45) is 3.79. The van der Waals surface area contributed by atoms with E-state index in [0.717, 1.165) is 22.8 Å². The van der Waals surface area contributed by atoms with Gasteiger partial charge in [-0.25, -0.2) is 19.5 Å². The van der Waals surface area contributed by atoms with E-state index < -0.39 is 0 Å². The predicted octanol–water partition coefficient (Wildman–Crippen LogP) is 4.25. The van der Waals surface area contributed by atoms with Crippen LogP contribution in [0.25, 0.3) is 5.69 Å².